The molecule has 1 N–H and O–H groups in total. The lowest BCUT2D eigenvalue weighted by molar-refractivity contribution is 0.935. The van der Waals surface area contributed by atoms with Crippen LogP contribution in [0.5, 0.6) is 0 Å². The summed E-state index contributed by atoms with van der Waals surface area (Å²) in [5, 5.41) is 15.8. The summed E-state index contributed by atoms with van der Waals surface area (Å²) in [6.45, 7) is 0. The Bertz CT molecular complexity index is 543. The third-order valence-electron chi connectivity index (χ3n) is 2.74. The molecule has 0 spiro atoms. The molecule has 78 valence electrons. The molecule has 3 rings (SSSR count). The molecule has 1 aliphatic rings. The number of hydrogen-bond acceptors (Lipinski definition) is 3. The maximum atomic E-state index is 8.70. The van der Waals surface area contributed by atoms with E-state index in [9.17, 15) is 0 Å². The minimum Gasteiger partial charge on any atom is -0.262 e. The van der Waals surface area contributed by atoms with Gasteiger partial charge in [-0.3, -0.25) is 5.10 Å². The highest BCUT2D eigenvalue weighted by atomic mass is 15.2. The van der Waals surface area contributed by atoms with E-state index >= 15 is 0 Å². The predicted molar refractivity (Wildman–Crippen MR) is 58.5 cm³/mol. The lowest BCUT2D eigenvalue weighted by Crippen LogP contribution is -1.82. The van der Waals surface area contributed by atoms with Crippen LogP contribution in [0.15, 0.2) is 24.3 Å². The maximum absolute atomic E-state index is 8.70. The summed E-state index contributed by atoms with van der Waals surface area (Å²) >= 11 is 0. The molecule has 1 heterocycles. The number of aromatic amines is 1. The van der Waals surface area contributed by atoms with Crippen LogP contribution >= 0.6 is 0 Å². The van der Waals surface area contributed by atoms with Gasteiger partial charge in [0.25, 0.3) is 0 Å². The van der Waals surface area contributed by atoms with Crippen molar-refractivity contribution in [1.82, 2.24) is 15.2 Å². The number of hydrogen-bond donors (Lipinski definition) is 1. The number of nitrogens with zero attached hydrogens (tertiary/aromatic N) is 3. The first-order valence-electron chi connectivity index (χ1n) is 5.29. The van der Waals surface area contributed by atoms with Gasteiger partial charge in [-0.25, -0.2) is 4.98 Å². The van der Waals surface area contributed by atoms with E-state index in [1.165, 1.54) is 12.8 Å². The van der Waals surface area contributed by atoms with Crippen LogP contribution in [0.4, 0.5) is 0 Å². The zero-order valence-corrected chi connectivity index (χ0v) is 8.64. The highest BCUT2D eigenvalue weighted by molar-refractivity contribution is 5.56. The molecule has 4 nitrogen and oxygen atoms in total. The van der Waals surface area contributed by atoms with E-state index in [1.54, 1.807) is 12.1 Å². The fourth-order valence-corrected chi connectivity index (χ4v) is 1.64. The normalized spacial score (nSPS) is 14.7. The number of nitrogens with one attached hydrogen (secondary N) is 1. The molecular weight excluding hydrogens is 200 g/mol. The van der Waals surface area contributed by atoms with Crippen LogP contribution < -0.4 is 0 Å². The quantitative estimate of drug-likeness (QED) is 0.826. The summed E-state index contributed by atoms with van der Waals surface area (Å²) in [6.07, 6.45) is 2.42. The lowest BCUT2D eigenvalue weighted by atomic mass is 10.1. The molecule has 0 bridgehead atoms. The van der Waals surface area contributed by atoms with Crippen molar-refractivity contribution in [2.75, 3.05) is 0 Å². The molecule has 0 unspecified atom stereocenters. The van der Waals surface area contributed by atoms with Crippen LogP contribution in [-0.2, 0) is 0 Å². The van der Waals surface area contributed by atoms with Crippen molar-refractivity contribution >= 4 is 0 Å². The molecular formula is C12H10N4. The van der Waals surface area contributed by atoms with E-state index in [0.717, 1.165) is 11.4 Å². The summed E-state index contributed by atoms with van der Waals surface area (Å²) in [6, 6.07) is 9.40. The third kappa shape index (κ3) is 1.57. The molecule has 16 heavy (non-hydrogen) atoms. The first-order valence-corrected chi connectivity index (χ1v) is 5.29. The summed E-state index contributed by atoms with van der Waals surface area (Å²) < 4.78 is 0. The van der Waals surface area contributed by atoms with Gasteiger partial charge >= 0.3 is 0 Å². The van der Waals surface area contributed by atoms with Gasteiger partial charge in [0.15, 0.2) is 5.82 Å². The minimum atomic E-state index is 0.583. The average molecular weight is 210 g/mol. The van der Waals surface area contributed by atoms with Gasteiger partial charge in [-0.2, -0.15) is 10.4 Å². The number of H-pyrrole nitrogens is 1. The van der Waals surface area contributed by atoms with Crippen molar-refractivity contribution in [1.29, 1.82) is 5.26 Å². The van der Waals surface area contributed by atoms with Gasteiger partial charge in [-0.1, -0.05) is 0 Å². The Morgan fingerprint density at radius 1 is 1.25 bits per heavy atom. The van der Waals surface area contributed by atoms with Crippen molar-refractivity contribution in [3.63, 3.8) is 0 Å². The monoisotopic (exact) mass is 210 g/mol. The third-order valence-corrected chi connectivity index (χ3v) is 2.74. The Labute approximate surface area is 93.0 Å². The van der Waals surface area contributed by atoms with Crippen LogP contribution in [0.2, 0.25) is 0 Å². The van der Waals surface area contributed by atoms with E-state index in [4.69, 9.17) is 5.26 Å². The van der Waals surface area contributed by atoms with Gasteiger partial charge < -0.3 is 0 Å². The average Bonchev–Trinajstić information content (AvgIpc) is 3.08. The number of rotatable bonds is 2. The van der Waals surface area contributed by atoms with Crippen LogP contribution in [0, 0.1) is 11.3 Å². The lowest BCUT2D eigenvalue weighted by Gasteiger charge is -1.93. The Morgan fingerprint density at radius 2 is 2.00 bits per heavy atom. The van der Waals surface area contributed by atoms with E-state index in [0.29, 0.717) is 17.3 Å². The summed E-state index contributed by atoms with van der Waals surface area (Å²) in [4.78, 5) is 4.45. The molecule has 0 saturated heterocycles. The zero-order chi connectivity index (χ0) is 11.0. The smallest absolute Gasteiger partial charge is 0.181 e. The van der Waals surface area contributed by atoms with E-state index in [-0.39, 0.29) is 0 Å². The maximum Gasteiger partial charge on any atom is 0.181 e. The SMILES string of the molecule is N#Cc1ccc(-c2n[nH]c(C3CC3)n2)cc1. The number of nitriles is 1. The van der Waals surface area contributed by atoms with Crippen molar-refractivity contribution < 1.29 is 0 Å². The standard InChI is InChI=1S/C12H10N4/c13-7-8-1-3-9(4-2-8)11-14-12(16-15-11)10-5-6-10/h1-4,10H,5-6H2,(H,14,15,16). The first-order chi connectivity index (χ1) is 7.86. The molecule has 1 aromatic heterocycles. The first kappa shape index (κ1) is 9.10. The molecule has 1 aliphatic carbocycles. The molecule has 1 aromatic carbocycles. The van der Waals surface area contributed by atoms with Gasteiger partial charge in [0.05, 0.1) is 11.6 Å². The Kier molecular flexibility index (Phi) is 1.97. The highest BCUT2D eigenvalue weighted by Crippen LogP contribution is 2.38. The zero-order valence-electron chi connectivity index (χ0n) is 8.64. The second kappa shape index (κ2) is 3.46. The van der Waals surface area contributed by atoms with Crippen LogP contribution in [-0.4, -0.2) is 15.2 Å². The Balaban J connectivity index is 1.92. The minimum absolute atomic E-state index is 0.583. The van der Waals surface area contributed by atoms with Crippen molar-refractivity contribution in [3.8, 4) is 17.5 Å². The summed E-state index contributed by atoms with van der Waals surface area (Å²) in [5.74, 6) is 2.28. The molecule has 4 heteroatoms. The molecule has 1 saturated carbocycles. The van der Waals surface area contributed by atoms with Crippen LogP contribution in [0.25, 0.3) is 11.4 Å². The van der Waals surface area contributed by atoms with Crippen LogP contribution in [0.3, 0.4) is 0 Å². The number of benzene rings is 1. The van der Waals surface area contributed by atoms with Crippen molar-refractivity contribution in [3.05, 3.63) is 35.7 Å². The molecule has 0 atom stereocenters. The van der Waals surface area contributed by atoms with Gasteiger partial charge in [0, 0.05) is 11.5 Å². The van der Waals surface area contributed by atoms with Crippen molar-refractivity contribution in [2.45, 2.75) is 18.8 Å². The predicted octanol–water partition coefficient (Wildman–Crippen LogP) is 2.22. The molecule has 0 amide bonds. The van der Waals surface area contributed by atoms with Gasteiger partial charge in [-0.15, -0.1) is 0 Å². The number of aromatic nitrogens is 3. The van der Waals surface area contributed by atoms with E-state index < -0.39 is 0 Å². The molecule has 0 aliphatic heterocycles. The Morgan fingerprint density at radius 3 is 2.62 bits per heavy atom. The summed E-state index contributed by atoms with van der Waals surface area (Å²) in [5.41, 5.74) is 1.60. The van der Waals surface area contributed by atoms with Gasteiger partial charge in [-0.05, 0) is 37.1 Å². The van der Waals surface area contributed by atoms with Gasteiger partial charge in [0.1, 0.15) is 5.82 Å². The Hall–Kier alpha value is -2.15. The largest absolute Gasteiger partial charge is 0.262 e. The van der Waals surface area contributed by atoms with Crippen LogP contribution in [0.1, 0.15) is 30.1 Å². The van der Waals surface area contributed by atoms with E-state index in [1.807, 2.05) is 12.1 Å². The second-order valence-corrected chi connectivity index (χ2v) is 4.01. The second-order valence-electron chi connectivity index (χ2n) is 4.01. The fourth-order valence-electron chi connectivity index (χ4n) is 1.64. The highest BCUT2D eigenvalue weighted by Gasteiger charge is 2.27. The van der Waals surface area contributed by atoms with Gasteiger partial charge in [0.2, 0.25) is 0 Å². The fraction of sp³-hybridized carbons (Fsp3) is 0.250. The van der Waals surface area contributed by atoms with E-state index in [2.05, 4.69) is 21.3 Å². The molecule has 2 aromatic rings. The summed E-state index contributed by atoms with van der Waals surface area (Å²) in [7, 11) is 0. The molecule has 0 radical (unpaired) electrons. The molecule has 1 fully saturated rings. The van der Waals surface area contributed by atoms with Crippen molar-refractivity contribution in [2.24, 2.45) is 0 Å². The topological polar surface area (TPSA) is 65.4 Å².